The van der Waals surface area contributed by atoms with Crippen molar-refractivity contribution in [2.24, 2.45) is 5.73 Å². The highest BCUT2D eigenvalue weighted by atomic mass is 32.2. The first-order chi connectivity index (χ1) is 13.6. The van der Waals surface area contributed by atoms with Crippen molar-refractivity contribution in [3.05, 3.63) is 24.3 Å². The van der Waals surface area contributed by atoms with Crippen molar-refractivity contribution in [1.82, 2.24) is 14.5 Å². The zero-order chi connectivity index (χ0) is 21.7. The summed E-state index contributed by atoms with van der Waals surface area (Å²) in [7, 11) is -6.36. The lowest BCUT2D eigenvalue weighted by Gasteiger charge is -2.22. The quantitative estimate of drug-likeness (QED) is 0.200. The number of hydroxylamine groups is 1. The molecule has 1 heterocycles. The van der Waals surface area contributed by atoms with Crippen LogP contribution in [0.15, 0.2) is 29.2 Å². The molecule has 1 fully saturated rings. The molecule has 0 aromatic heterocycles. The van der Waals surface area contributed by atoms with Gasteiger partial charge in [0.2, 0.25) is 20.0 Å². The third kappa shape index (κ3) is 5.87. The van der Waals surface area contributed by atoms with Gasteiger partial charge in [-0.1, -0.05) is 0 Å². The number of carbonyl (C=O) groups excluding carboxylic acids is 1. The average Bonchev–Trinajstić information content (AvgIpc) is 3.11. The number of amides is 1. The van der Waals surface area contributed by atoms with Gasteiger partial charge in [0, 0.05) is 12.6 Å². The van der Waals surface area contributed by atoms with Gasteiger partial charge in [-0.3, -0.25) is 10.0 Å². The molecule has 1 amide bonds. The predicted molar refractivity (Wildman–Crippen MR) is 104 cm³/mol. The van der Waals surface area contributed by atoms with Crippen LogP contribution in [0.2, 0.25) is 0 Å². The molecule has 11 nitrogen and oxygen atoms in total. The second kappa shape index (κ2) is 9.82. The van der Waals surface area contributed by atoms with Crippen molar-refractivity contribution in [2.75, 3.05) is 26.0 Å². The van der Waals surface area contributed by atoms with E-state index in [1.807, 2.05) is 0 Å². The highest BCUT2D eigenvalue weighted by Gasteiger charge is 2.44. The van der Waals surface area contributed by atoms with E-state index < -0.39 is 38.0 Å². The summed E-state index contributed by atoms with van der Waals surface area (Å²) in [6, 6.07) is 3.50. The Morgan fingerprint density at radius 1 is 1.24 bits per heavy atom. The Bertz CT molecular complexity index is 904. The summed E-state index contributed by atoms with van der Waals surface area (Å²) < 4.78 is 58.8. The van der Waals surface area contributed by atoms with Gasteiger partial charge in [-0.05, 0) is 50.1 Å². The van der Waals surface area contributed by atoms with Gasteiger partial charge < -0.3 is 10.5 Å². The number of benzene rings is 1. The van der Waals surface area contributed by atoms with E-state index >= 15 is 0 Å². The van der Waals surface area contributed by atoms with E-state index in [1.54, 1.807) is 0 Å². The molecule has 1 saturated heterocycles. The molecule has 0 radical (unpaired) electrons. The fourth-order valence-corrected chi connectivity index (χ4v) is 6.13. The van der Waals surface area contributed by atoms with Gasteiger partial charge in [0.25, 0.3) is 5.91 Å². The largest absolute Gasteiger partial charge is 0.497 e. The average molecular weight is 451 g/mol. The molecule has 0 unspecified atom stereocenters. The van der Waals surface area contributed by atoms with Crippen LogP contribution >= 0.6 is 0 Å². The summed E-state index contributed by atoms with van der Waals surface area (Å²) in [5.41, 5.74) is 6.81. The maximum Gasteiger partial charge on any atom is 0.261 e. The zero-order valence-electron chi connectivity index (χ0n) is 15.9. The number of nitrogens with zero attached hydrogens (tertiary/aromatic N) is 1. The van der Waals surface area contributed by atoms with Crippen LogP contribution in [-0.2, 0) is 24.8 Å². The van der Waals surface area contributed by atoms with Crippen molar-refractivity contribution in [3.63, 3.8) is 0 Å². The standard InChI is InChI=1S/C16H26N4O7S2/c1-27-13-4-6-14(7-5-13)29(25,26)20-11-12(10-15(20)16(21)18-22)19-28(23,24)9-3-2-8-17/h4-7,12,15,19,22H,2-3,8-11,17H2,1H3,(H,18,21)/t12-,15+/m0/s1. The summed E-state index contributed by atoms with van der Waals surface area (Å²) >= 11 is 0. The lowest BCUT2D eigenvalue weighted by Crippen LogP contribution is -2.45. The third-order valence-electron chi connectivity index (χ3n) is 4.55. The van der Waals surface area contributed by atoms with E-state index in [4.69, 9.17) is 15.7 Å². The molecule has 0 aliphatic carbocycles. The molecule has 13 heteroatoms. The topological polar surface area (TPSA) is 168 Å². The molecule has 0 saturated carbocycles. The van der Waals surface area contributed by atoms with Crippen molar-refractivity contribution in [2.45, 2.75) is 36.2 Å². The van der Waals surface area contributed by atoms with Crippen LogP contribution in [0.4, 0.5) is 0 Å². The van der Waals surface area contributed by atoms with E-state index in [1.165, 1.54) is 36.9 Å². The number of hydrogen-bond donors (Lipinski definition) is 4. The lowest BCUT2D eigenvalue weighted by molar-refractivity contribution is -0.132. The summed E-state index contributed by atoms with van der Waals surface area (Å²) in [5, 5.41) is 8.99. The van der Waals surface area contributed by atoms with Gasteiger partial charge in [-0.25, -0.2) is 27.0 Å². The first kappa shape index (κ1) is 23.5. The second-order valence-corrected chi connectivity index (χ2v) is 10.4. The Balaban J connectivity index is 2.23. The van der Waals surface area contributed by atoms with Crippen molar-refractivity contribution in [1.29, 1.82) is 0 Å². The first-order valence-corrected chi connectivity index (χ1v) is 12.0. The molecule has 5 N–H and O–H groups in total. The molecule has 0 bridgehead atoms. The Morgan fingerprint density at radius 2 is 1.90 bits per heavy atom. The molecule has 164 valence electrons. The zero-order valence-corrected chi connectivity index (χ0v) is 17.6. The van der Waals surface area contributed by atoms with E-state index in [9.17, 15) is 21.6 Å². The number of hydrogen-bond acceptors (Lipinski definition) is 8. The third-order valence-corrected chi connectivity index (χ3v) is 7.96. The smallest absolute Gasteiger partial charge is 0.261 e. The van der Waals surface area contributed by atoms with Crippen LogP contribution in [0.3, 0.4) is 0 Å². The first-order valence-electron chi connectivity index (χ1n) is 8.94. The van der Waals surface area contributed by atoms with E-state index in [2.05, 4.69) is 4.72 Å². The molecule has 0 spiro atoms. The number of carbonyl (C=O) groups is 1. The van der Waals surface area contributed by atoms with Crippen molar-refractivity contribution in [3.8, 4) is 5.75 Å². The van der Waals surface area contributed by atoms with Gasteiger partial charge in [-0.15, -0.1) is 0 Å². The summed E-state index contributed by atoms with van der Waals surface area (Å²) in [6.07, 6.45) is 0.796. The number of methoxy groups -OCH3 is 1. The molecule has 29 heavy (non-hydrogen) atoms. The molecular weight excluding hydrogens is 424 g/mol. The number of rotatable bonds is 10. The van der Waals surface area contributed by atoms with Crippen LogP contribution < -0.4 is 20.7 Å². The number of sulfonamides is 2. The Labute approximate surface area is 170 Å². The fourth-order valence-electron chi connectivity index (χ4n) is 3.10. The van der Waals surface area contributed by atoms with E-state index in [-0.39, 0.29) is 23.6 Å². The number of unbranched alkanes of at least 4 members (excludes halogenated alkanes) is 1. The SMILES string of the molecule is COc1ccc(S(=O)(=O)N2C[C@@H](NS(=O)(=O)CCCCN)C[C@@H]2C(=O)NO)cc1. The van der Waals surface area contributed by atoms with Gasteiger partial charge in [0.1, 0.15) is 11.8 Å². The van der Waals surface area contributed by atoms with Crippen LogP contribution in [0.1, 0.15) is 19.3 Å². The summed E-state index contributed by atoms with van der Waals surface area (Å²) in [4.78, 5) is 12.0. The van der Waals surface area contributed by atoms with Crippen molar-refractivity contribution < 1.29 is 31.6 Å². The van der Waals surface area contributed by atoms with Gasteiger partial charge in [0.05, 0.1) is 17.8 Å². The summed E-state index contributed by atoms with van der Waals surface area (Å²) in [5.74, 6) is -0.631. The van der Waals surface area contributed by atoms with Crippen molar-refractivity contribution >= 4 is 26.0 Å². The molecule has 1 aliphatic heterocycles. The lowest BCUT2D eigenvalue weighted by atomic mass is 10.2. The Kier molecular flexibility index (Phi) is 7.96. The normalized spacial score (nSPS) is 20.5. The molecule has 1 aromatic rings. The Morgan fingerprint density at radius 3 is 2.45 bits per heavy atom. The minimum Gasteiger partial charge on any atom is -0.497 e. The van der Waals surface area contributed by atoms with Gasteiger partial charge in [0.15, 0.2) is 0 Å². The Hall–Kier alpha value is -1.77. The van der Waals surface area contributed by atoms with Gasteiger partial charge in [-0.2, -0.15) is 4.31 Å². The maximum atomic E-state index is 13.0. The minimum absolute atomic E-state index is 0.0829. The number of nitrogens with two attached hydrogens (primary N) is 1. The molecule has 2 rings (SSSR count). The monoisotopic (exact) mass is 450 g/mol. The van der Waals surface area contributed by atoms with Crippen LogP contribution in [0, 0.1) is 0 Å². The molecule has 1 aliphatic rings. The van der Waals surface area contributed by atoms with Crippen LogP contribution in [0.5, 0.6) is 5.75 Å². The van der Waals surface area contributed by atoms with Crippen LogP contribution in [0.25, 0.3) is 0 Å². The highest BCUT2D eigenvalue weighted by molar-refractivity contribution is 7.89. The fraction of sp³-hybridized carbons (Fsp3) is 0.562. The number of nitrogens with one attached hydrogen (secondary N) is 2. The van der Waals surface area contributed by atoms with Gasteiger partial charge >= 0.3 is 0 Å². The second-order valence-electron chi connectivity index (χ2n) is 6.61. The summed E-state index contributed by atoms with van der Waals surface area (Å²) in [6.45, 7) is 0.119. The molecular formula is C16H26N4O7S2. The maximum absolute atomic E-state index is 13.0. The van der Waals surface area contributed by atoms with E-state index in [0.29, 0.717) is 25.1 Å². The van der Waals surface area contributed by atoms with E-state index in [0.717, 1.165) is 4.31 Å². The minimum atomic E-state index is -4.12. The molecule has 1 aromatic carbocycles. The van der Waals surface area contributed by atoms with Crippen LogP contribution in [-0.4, -0.2) is 70.3 Å². The highest BCUT2D eigenvalue weighted by Crippen LogP contribution is 2.28. The molecule has 2 atom stereocenters. The number of ether oxygens (including phenoxy) is 1. The predicted octanol–water partition coefficient (Wildman–Crippen LogP) is -1.01.